The fourth-order valence-electron chi connectivity index (χ4n) is 2.36. The summed E-state index contributed by atoms with van der Waals surface area (Å²) in [6.45, 7) is 1.50. The molecule has 6 heteroatoms. The fraction of sp³-hybridized carbons (Fsp3) is 0.105. The molecular formula is C19H17N3O3. The Kier molecular flexibility index (Phi) is 4.61. The molecule has 1 atom stereocenters. The van der Waals surface area contributed by atoms with E-state index in [0.717, 1.165) is 11.1 Å². The maximum Gasteiger partial charge on any atom is 0.328 e. The van der Waals surface area contributed by atoms with E-state index < -0.39 is 12.0 Å². The minimum absolute atomic E-state index is 0.167. The van der Waals surface area contributed by atoms with Crippen LogP contribution in [0.1, 0.15) is 23.5 Å². The summed E-state index contributed by atoms with van der Waals surface area (Å²) in [5.41, 5.74) is 2.96. The van der Waals surface area contributed by atoms with E-state index in [1.807, 2.05) is 54.6 Å². The second-order valence-corrected chi connectivity index (χ2v) is 5.59. The summed E-state index contributed by atoms with van der Waals surface area (Å²) < 4.78 is 1.25. The first-order valence-corrected chi connectivity index (χ1v) is 7.79. The number of hydrogen-bond donors (Lipinski definition) is 2. The highest BCUT2D eigenvalue weighted by Gasteiger charge is 2.17. The predicted octanol–water partition coefficient (Wildman–Crippen LogP) is 3.45. The van der Waals surface area contributed by atoms with Gasteiger partial charge in [-0.05, 0) is 36.2 Å². The van der Waals surface area contributed by atoms with Gasteiger partial charge in [0, 0.05) is 11.9 Å². The second kappa shape index (κ2) is 7.00. The standard InChI is InChI=1S/C19H17N3O3/c1-13(19(24)25)22-12-11-17(21-22)18(23)20-16-9-7-15(8-10-16)14-5-3-2-4-6-14/h2-13H,1H3,(H,20,23)(H,24,25). The molecule has 3 aromatic rings. The van der Waals surface area contributed by atoms with Gasteiger partial charge in [-0.2, -0.15) is 5.10 Å². The number of carboxylic acids is 1. The van der Waals surface area contributed by atoms with Crippen molar-refractivity contribution in [1.82, 2.24) is 9.78 Å². The van der Waals surface area contributed by atoms with Crippen LogP contribution in [0, 0.1) is 0 Å². The molecule has 0 saturated heterocycles. The molecule has 0 saturated carbocycles. The van der Waals surface area contributed by atoms with Gasteiger partial charge in [0.1, 0.15) is 6.04 Å². The van der Waals surface area contributed by atoms with E-state index in [9.17, 15) is 9.59 Å². The monoisotopic (exact) mass is 335 g/mol. The number of aliphatic carboxylic acids is 1. The van der Waals surface area contributed by atoms with Gasteiger partial charge in [0.2, 0.25) is 0 Å². The van der Waals surface area contributed by atoms with Crippen LogP contribution in [0.2, 0.25) is 0 Å². The number of carbonyl (C=O) groups excluding carboxylic acids is 1. The van der Waals surface area contributed by atoms with Gasteiger partial charge in [-0.1, -0.05) is 42.5 Å². The normalized spacial score (nSPS) is 11.7. The van der Waals surface area contributed by atoms with Crippen LogP contribution in [0.25, 0.3) is 11.1 Å². The van der Waals surface area contributed by atoms with Crippen LogP contribution >= 0.6 is 0 Å². The summed E-state index contributed by atoms with van der Waals surface area (Å²) in [5.74, 6) is -1.39. The molecule has 1 unspecified atom stereocenters. The molecule has 1 aromatic heterocycles. The minimum atomic E-state index is -1.01. The Hall–Kier alpha value is -3.41. The van der Waals surface area contributed by atoms with Crippen molar-refractivity contribution in [2.45, 2.75) is 13.0 Å². The molecule has 0 spiro atoms. The van der Waals surface area contributed by atoms with E-state index >= 15 is 0 Å². The van der Waals surface area contributed by atoms with E-state index in [1.54, 1.807) is 0 Å². The number of anilines is 1. The van der Waals surface area contributed by atoms with Crippen LogP contribution < -0.4 is 5.32 Å². The first-order valence-electron chi connectivity index (χ1n) is 7.79. The van der Waals surface area contributed by atoms with Crippen molar-refractivity contribution in [3.8, 4) is 11.1 Å². The summed E-state index contributed by atoms with van der Waals surface area (Å²) in [6, 6.07) is 18.1. The zero-order chi connectivity index (χ0) is 17.8. The topological polar surface area (TPSA) is 84.2 Å². The van der Waals surface area contributed by atoms with Crippen LogP contribution in [0.15, 0.2) is 66.9 Å². The first-order chi connectivity index (χ1) is 12.0. The summed E-state index contributed by atoms with van der Waals surface area (Å²) in [6.07, 6.45) is 1.48. The minimum Gasteiger partial charge on any atom is -0.480 e. The Morgan fingerprint density at radius 3 is 2.28 bits per heavy atom. The molecule has 1 heterocycles. The van der Waals surface area contributed by atoms with E-state index in [4.69, 9.17) is 5.11 Å². The third kappa shape index (κ3) is 3.74. The lowest BCUT2D eigenvalue weighted by atomic mass is 10.1. The van der Waals surface area contributed by atoms with Crippen molar-refractivity contribution in [3.63, 3.8) is 0 Å². The zero-order valence-corrected chi connectivity index (χ0v) is 13.6. The average Bonchev–Trinajstić information content (AvgIpc) is 3.12. The quantitative estimate of drug-likeness (QED) is 0.748. The molecule has 0 radical (unpaired) electrons. The molecule has 0 aliphatic carbocycles. The Labute approximate surface area is 144 Å². The third-order valence-electron chi connectivity index (χ3n) is 3.85. The van der Waals surface area contributed by atoms with Crippen molar-refractivity contribution in [2.75, 3.05) is 5.32 Å². The highest BCUT2D eigenvalue weighted by atomic mass is 16.4. The van der Waals surface area contributed by atoms with Gasteiger partial charge in [0.05, 0.1) is 0 Å². The summed E-state index contributed by atoms with van der Waals surface area (Å²) >= 11 is 0. The van der Waals surface area contributed by atoms with E-state index in [1.165, 1.54) is 23.9 Å². The molecule has 126 valence electrons. The van der Waals surface area contributed by atoms with Crippen LogP contribution in [-0.4, -0.2) is 26.8 Å². The van der Waals surface area contributed by atoms with Gasteiger partial charge >= 0.3 is 5.97 Å². The lowest BCUT2D eigenvalue weighted by Gasteiger charge is -2.07. The number of nitrogens with one attached hydrogen (secondary N) is 1. The highest BCUT2D eigenvalue weighted by Crippen LogP contribution is 2.21. The smallest absolute Gasteiger partial charge is 0.328 e. The van der Waals surface area contributed by atoms with Crippen molar-refractivity contribution in [1.29, 1.82) is 0 Å². The summed E-state index contributed by atoms with van der Waals surface area (Å²) in [7, 11) is 0. The van der Waals surface area contributed by atoms with Crippen LogP contribution in [0.5, 0.6) is 0 Å². The summed E-state index contributed by atoms with van der Waals surface area (Å²) in [5, 5.41) is 15.7. The maximum atomic E-state index is 12.2. The molecule has 0 fully saturated rings. The average molecular weight is 335 g/mol. The summed E-state index contributed by atoms with van der Waals surface area (Å²) in [4.78, 5) is 23.2. The molecule has 0 bridgehead atoms. The Morgan fingerprint density at radius 2 is 1.64 bits per heavy atom. The van der Waals surface area contributed by atoms with E-state index in [-0.39, 0.29) is 11.6 Å². The maximum absolute atomic E-state index is 12.2. The molecule has 2 N–H and O–H groups in total. The number of aromatic nitrogens is 2. The SMILES string of the molecule is CC(C(=O)O)n1ccc(C(=O)Nc2ccc(-c3ccccc3)cc2)n1. The lowest BCUT2D eigenvalue weighted by molar-refractivity contribution is -0.140. The zero-order valence-electron chi connectivity index (χ0n) is 13.6. The van der Waals surface area contributed by atoms with Gasteiger partial charge in [-0.3, -0.25) is 9.48 Å². The van der Waals surface area contributed by atoms with Crippen molar-refractivity contribution >= 4 is 17.6 Å². The molecule has 25 heavy (non-hydrogen) atoms. The van der Waals surface area contributed by atoms with Crippen molar-refractivity contribution < 1.29 is 14.7 Å². The number of nitrogens with zero attached hydrogens (tertiary/aromatic N) is 2. The highest BCUT2D eigenvalue weighted by molar-refractivity contribution is 6.02. The van der Waals surface area contributed by atoms with Crippen LogP contribution in [-0.2, 0) is 4.79 Å². The number of benzene rings is 2. The lowest BCUT2D eigenvalue weighted by Crippen LogP contribution is -2.18. The Bertz CT molecular complexity index is 886. The van der Waals surface area contributed by atoms with E-state index in [2.05, 4.69) is 10.4 Å². The van der Waals surface area contributed by atoms with Crippen LogP contribution in [0.3, 0.4) is 0 Å². The number of hydrogen-bond acceptors (Lipinski definition) is 3. The van der Waals surface area contributed by atoms with Gasteiger partial charge in [-0.25, -0.2) is 4.79 Å². The largest absolute Gasteiger partial charge is 0.480 e. The molecule has 2 aromatic carbocycles. The van der Waals surface area contributed by atoms with Crippen LogP contribution in [0.4, 0.5) is 5.69 Å². The number of carbonyl (C=O) groups is 2. The molecule has 1 amide bonds. The van der Waals surface area contributed by atoms with Crippen molar-refractivity contribution in [2.24, 2.45) is 0 Å². The fourth-order valence-corrected chi connectivity index (χ4v) is 2.36. The number of amides is 1. The number of rotatable bonds is 5. The van der Waals surface area contributed by atoms with Gasteiger partial charge in [0.15, 0.2) is 5.69 Å². The van der Waals surface area contributed by atoms with Gasteiger partial charge in [0.25, 0.3) is 5.91 Å². The van der Waals surface area contributed by atoms with E-state index in [0.29, 0.717) is 5.69 Å². The Morgan fingerprint density at radius 1 is 1.00 bits per heavy atom. The van der Waals surface area contributed by atoms with Gasteiger partial charge < -0.3 is 10.4 Å². The van der Waals surface area contributed by atoms with Crippen molar-refractivity contribution in [3.05, 3.63) is 72.6 Å². The predicted molar refractivity (Wildman–Crippen MR) is 94.4 cm³/mol. The number of carboxylic acid groups (broad SMARTS) is 1. The van der Waals surface area contributed by atoms with Gasteiger partial charge in [-0.15, -0.1) is 0 Å². The third-order valence-corrected chi connectivity index (χ3v) is 3.85. The molecule has 3 rings (SSSR count). The molecular weight excluding hydrogens is 318 g/mol. The molecule has 0 aliphatic heterocycles. The molecule has 0 aliphatic rings. The second-order valence-electron chi connectivity index (χ2n) is 5.59. The molecule has 6 nitrogen and oxygen atoms in total. The Balaban J connectivity index is 1.70. The first kappa shape index (κ1) is 16.4.